The summed E-state index contributed by atoms with van der Waals surface area (Å²) in [5, 5.41) is 13.2. The third-order valence-corrected chi connectivity index (χ3v) is 4.17. The number of cyclic esters (lactones) is 1. The zero-order chi connectivity index (χ0) is 17.2. The van der Waals surface area contributed by atoms with Crippen molar-refractivity contribution in [3.63, 3.8) is 0 Å². The van der Waals surface area contributed by atoms with Crippen LogP contribution in [0, 0.1) is 0 Å². The minimum absolute atomic E-state index is 0.211. The predicted octanol–water partition coefficient (Wildman–Crippen LogP) is 2.68. The van der Waals surface area contributed by atoms with E-state index in [0.717, 1.165) is 11.1 Å². The second kappa shape index (κ2) is 6.45. The van der Waals surface area contributed by atoms with E-state index in [9.17, 15) is 14.7 Å². The Labute approximate surface area is 140 Å². The number of hydrogen-bond acceptors (Lipinski definition) is 4. The highest BCUT2D eigenvalue weighted by Gasteiger charge is 2.30. The van der Waals surface area contributed by atoms with Crippen molar-refractivity contribution in [2.24, 2.45) is 0 Å². The van der Waals surface area contributed by atoms with Crippen LogP contribution in [0.25, 0.3) is 0 Å². The maximum atomic E-state index is 12.4. The molecule has 124 valence electrons. The molecule has 0 aromatic heterocycles. The predicted molar refractivity (Wildman–Crippen MR) is 89.6 cm³/mol. The number of nitrogens with one attached hydrogen (secondary N) is 1. The van der Waals surface area contributed by atoms with Crippen LogP contribution in [0.1, 0.15) is 34.8 Å². The molecule has 0 fully saturated rings. The number of esters is 1. The maximum Gasteiger partial charge on any atom is 0.338 e. The number of carbonyl (C=O) groups is 2. The molecule has 2 N–H and O–H groups in total. The Hall–Kier alpha value is -2.66. The maximum absolute atomic E-state index is 12.4. The Morgan fingerprint density at radius 2 is 2.00 bits per heavy atom. The highest BCUT2D eigenvalue weighted by molar-refractivity contribution is 5.98. The molecule has 1 aliphatic rings. The van der Waals surface area contributed by atoms with Crippen LogP contribution in [0.4, 0.5) is 5.69 Å². The van der Waals surface area contributed by atoms with E-state index in [1.54, 1.807) is 18.2 Å². The first-order valence-electron chi connectivity index (χ1n) is 7.83. The van der Waals surface area contributed by atoms with Crippen molar-refractivity contribution in [2.75, 3.05) is 5.32 Å². The van der Waals surface area contributed by atoms with Crippen LogP contribution >= 0.6 is 0 Å². The second-order valence-electron chi connectivity index (χ2n) is 6.16. The summed E-state index contributed by atoms with van der Waals surface area (Å²) in [4.78, 5) is 23.8. The van der Waals surface area contributed by atoms with Gasteiger partial charge in [-0.3, -0.25) is 4.79 Å². The second-order valence-corrected chi connectivity index (χ2v) is 6.16. The van der Waals surface area contributed by atoms with Crippen molar-refractivity contribution in [3.8, 4) is 0 Å². The molecule has 1 aliphatic heterocycles. The normalized spacial score (nSPS) is 15.3. The van der Waals surface area contributed by atoms with Crippen LogP contribution < -0.4 is 5.32 Å². The zero-order valence-corrected chi connectivity index (χ0v) is 13.4. The van der Waals surface area contributed by atoms with Gasteiger partial charge in [-0.1, -0.05) is 30.3 Å². The summed E-state index contributed by atoms with van der Waals surface area (Å²) < 4.78 is 4.94. The van der Waals surface area contributed by atoms with Crippen molar-refractivity contribution in [3.05, 3.63) is 65.2 Å². The van der Waals surface area contributed by atoms with Crippen molar-refractivity contribution >= 4 is 17.6 Å². The molecule has 0 radical (unpaired) electrons. The SMILES string of the molecule is CC(O)(CCc1ccccc1)C(=O)Nc1ccc2c(c1)COC2=O. The van der Waals surface area contributed by atoms with Crippen molar-refractivity contribution < 1.29 is 19.4 Å². The Kier molecular flexibility index (Phi) is 4.36. The summed E-state index contributed by atoms with van der Waals surface area (Å²) >= 11 is 0. The summed E-state index contributed by atoms with van der Waals surface area (Å²) in [6.07, 6.45) is 0.920. The minimum Gasteiger partial charge on any atom is -0.457 e. The van der Waals surface area contributed by atoms with Gasteiger partial charge in [-0.15, -0.1) is 0 Å². The van der Waals surface area contributed by atoms with Gasteiger partial charge in [0.05, 0.1) is 5.56 Å². The van der Waals surface area contributed by atoms with Gasteiger partial charge in [-0.05, 0) is 43.5 Å². The van der Waals surface area contributed by atoms with Crippen LogP contribution in [-0.4, -0.2) is 22.6 Å². The van der Waals surface area contributed by atoms with Crippen LogP contribution in [0.2, 0.25) is 0 Å². The topological polar surface area (TPSA) is 75.6 Å². The Morgan fingerprint density at radius 1 is 1.25 bits per heavy atom. The van der Waals surface area contributed by atoms with Gasteiger partial charge < -0.3 is 15.2 Å². The molecule has 2 aromatic rings. The van der Waals surface area contributed by atoms with Crippen molar-refractivity contribution in [1.29, 1.82) is 0 Å². The molecule has 0 saturated carbocycles. The lowest BCUT2D eigenvalue weighted by Crippen LogP contribution is -2.40. The lowest BCUT2D eigenvalue weighted by molar-refractivity contribution is -0.132. The molecule has 0 bridgehead atoms. The summed E-state index contributed by atoms with van der Waals surface area (Å²) in [5.74, 6) is -0.818. The Balaban J connectivity index is 1.64. The summed E-state index contributed by atoms with van der Waals surface area (Å²) in [6.45, 7) is 1.72. The van der Waals surface area contributed by atoms with E-state index in [4.69, 9.17) is 4.74 Å². The zero-order valence-electron chi connectivity index (χ0n) is 13.4. The van der Waals surface area contributed by atoms with Gasteiger partial charge in [0.1, 0.15) is 12.2 Å². The number of anilines is 1. The monoisotopic (exact) mass is 325 g/mol. The third kappa shape index (κ3) is 3.46. The lowest BCUT2D eigenvalue weighted by Gasteiger charge is -2.22. The largest absolute Gasteiger partial charge is 0.457 e. The fraction of sp³-hybridized carbons (Fsp3) is 0.263. The van der Waals surface area contributed by atoms with E-state index < -0.39 is 11.5 Å². The first-order valence-corrected chi connectivity index (χ1v) is 7.83. The average molecular weight is 325 g/mol. The average Bonchev–Trinajstić information content (AvgIpc) is 2.94. The molecule has 0 aliphatic carbocycles. The molecule has 1 amide bonds. The van der Waals surface area contributed by atoms with Crippen molar-refractivity contribution in [2.45, 2.75) is 32.0 Å². The summed E-state index contributed by atoms with van der Waals surface area (Å²) in [7, 11) is 0. The van der Waals surface area contributed by atoms with E-state index >= 15 is 0 Å². The van der Waals surface area contributed by atoms with Crippen LogP contribution in [0.5, 0.6) is 0 Å². The van der Waals surface area contributed by atoms with Gasteiger partial charge in [-0.25, -0.2) is 4.79 Å². The van der Waals surface area contributed by atoms with Gasteiger partial charge >= 0.3 is 5.97 Å². The third-order valence-electron chi connectivity index (χ3n) is 4.17. The lowest BCUT2D eigenvalue weighted by atomic mass is 9.95. The first-order chi connectivity index (χ1) is 11.5. The highest BCUT2D eigenvalue weighted by atomic mass is 16.5. The van der Waals surface area contributed by atoms with E-state index in [1.807, 2.05) is 30.3 Å². The van der Waals surface area contributed by atoms with Gasteiger partial charge in [0.25, 0.3) is 5.91 Å². The molecule has 3 rings (SSSR count). The van der Waals surface area contributed by atoms with E-state index in [0.29, 0.717) is 24.1 Å². The van der Waals surface area contributed by atoms with Crippen molar-refractivity contribution in [1.82, 2.24) is 0 Å². The standard InChI is InChI=1S/C19H19NO4/c1-19(23,10-9-13-5-3-2-4-6-13)18(22)20-15-7-8-16-14(11-15)12-24-17(16)21/h2-8,11,23H,9-10,12H2,1H3,(H,20,22). The van der Waals surface area contributed by atoms with Gasteiger partial charge in [0, 0.05) is 11.3 Å². The number of aliphatic hydroxyl groups is 1. The van der Waals surface area contributed by atoms with Crippen LogP contribution in [0.15, 0.2) is 48.5 Å². The molecule has 1 atom stereocenters. The molecular weight excluding hydrogens is 306 g/mol. The minimum atomic E-state index is -1.48. The molecule has 24 heavy (non-hydrogen) atoms. The molecule has 1 heterocycles. The number of benzene rings is 2. The molecule has 0 saturated heterocycles. The van der Waals surface area contributed by atoms with E-state index in [-0.39, 0.29) is 12.6 Å². The van der Waals surface area contributed by atoms with Crippen LogP contribution in [-0.2, 0) is 22.6 Å². The van der Waals surface area contributed by atoms with E-state index in [2.05, 4.69) is 5.32 Å². The quantitative estimate of drug-likeness (QED) is 0.829. The molecule has 5 heteroatoms. The first kappa shape index (κ1) is 16.2. The van der Waals surface area contributed by atoms with Gasteiger partial charge in [-0.2, -0.15) is 0 Å². The molecule has 2 aromatic carbocycles. The van der Waals surface area contributed by atoms with E-state index in [1.165, 1.54) is 6.92 Å². The fourth-order valence-corrected chi connectivity index (χ4v) is 2.62. The number of carbonyl (C=O) groups excluding carboxylic acids is 2. The molecule has 0 spiro atoms. The Bertz CT molecular complexity index is 768. The van der Waals surface area contributed by atoms with Gasteiger partial charge in [0.2, 0.25) is 0 Å². The fourth-order valence-electron chi connectivity index (χ4n) is 2.62. The molecule has 5 nitrogen and oxygen atoms in total. The number of fused-ring (bicyclic) bond motifs is 1. The molecular formula is C19H19NO4. The summed E-state index contributed by atoms with van der Waals surface area (Å²) in [6, 6.07) is 14.7. The summed E-state index contributed by atoms with van der Waals surface area (Å²) in [5.41, 5.74) is 1.38. The van der Waals surface area contributed by atoms with Crippen LogP contribution in [0.3, 0.4) is 0 Å². The smallest absolute Gasteiger partial charge is 0.338 e. The van der Waals surface area contributed by atoms with Gasteiger partial charge in [0.15, 0.2) is 0 Å². The number of rotatable bonds is 5. The highest BCUT2D eigenvalue weighted by Crippen LogP contribution is 2.24. The number of aryl methyl sites for hydroxylation is 1. The molecule has 1 unspecified atom stereocenters. The number of ether oxygens (including phenoxy) is 1. The number of hydrogen-bond donors (Lipinski definition) is 2. The Morgan fingerprint density at radius 3 is 2.75 bits per heavy atom. The number of amides is 1.